The number of nitrogens with two attached hydrogens (primary N) is 1. The molecule has 0 atom stereocenters. The number of ketones is 1. The minimum atomic E-state index is -0.609. The van der Waals surface area contributed by atoms with Crippen molar-refractivity contribution in [3.63, 3.8) is 0 Å². The summed E-state index contributed by atoms with van der Waals surface area (Å²) in [6.07, 6.45) is 0. The van der Waals surface area contributed by atoms with Crippen molar-refractivity contribution in [2.24, 2.45) is 0 Å². The van der Waals surface area contributed by atoms with Crippen LogP contribution in [0.3, 0.4) is 0 Å². The van der Waals surface area contributed by atoms with Gasteiger partial charge in [0, 0.05) is 5.69 Å². The summed E-state index contributed by atoms with van der Waals surface area (Å²) in [6, 6.07) is 9.13. The van der Waals surface area contributed by atoms with Gasteiger partial charge in [0.25, 0.3) is 0 Å². The number of benzene rings is 1. The second-order valence-electron chi connectivity index (χ2n) is 4.67. The van der Waals surface area contributed by atoms with E-state index in [0.717, 1.165) is 5.56 Å². The topological polar surface area (TPSA) is 43.1 Å². The van der Waals surface area contributed by atoms with E-state index in [9.17, 15) is 4.79 Å². The molecule has 0 fully saturated rings. The number of carbonyl (C=O) groups excluding carboxylic acids is 1. The molecule has 0 aliphatic rings. The second-order valence-corrected chi connectivity index (χ2v) is 6.00. The smallest absolute Gasteiger partial charge is 0.184 e. The Morgan fingerprint density at radius 1 is 1.22 bits per heavy atom. The Morgan fingerprint density at radius 3 is 2.33 bits per heavy atom. The molecule has 1 heterocycles. The van der Waals surface area contributed by atoms with E-state index in [0.29, 0.717) is 15.6 Å². The van der Waals surface area contributed by atoms with Gasteiger partial charge in [-0.2, -0.15) is 0 Å². The number of halogens is 1. The lowest BCUT2D eigenvalue weighted by Gasteiger charge is -2.23. The van der Waals surface area contributed by atoms with Crippen LogP contribution >= 0.6 is 22.9 Å². The molecular formula is C14H14ClNOS. The molecule has 0 radical (unpaired) electrons. The van der Waals surface area contributed by atoms with E-state index in [4.69, 9.17) is 17.3 Å². The highest BCUT2D eigenvalue weighted by Crippen LogP contribution is 2.33. The van der Waals surface area contributed by atoms with Crippen LogP contribution in [0.25, 0.3) is 0 Å². The summed E-state index contributed by atoms with van der Waals surface area (Å²) in [5.74, 6) is 0.0345. The van der Waals surface area contributed by atoms with Crippen LogP contribution in [-0.4, -0.2) is 5.78 Å². The molecule has 0 aliphatic heterocycles. The lowest BCUT2D eigenvalue weighted by molar-refractivity contribution is 0.0913. The van der Waals surface area contributed by atoms with Gasteiger partial charge in [-0.15, -0.1) is 11.3 Å². The molecule has 0 bridgehead atoms. The number of rotatable bonds is 3. The Kier molecular flexibility index (Phi) is 3.46. The van der Waals surface area contributed by atoms with E-state index in [-0.39, 0.29) is 5.78 Å². The zero-order valence-electron chi connectivity index (χ0n) is 10.2. The number of hydrogen-bond donors (Lipinski definition) is 1. The Hall–Kier alpha value is -1.32. The maximum absolute atomic E-state index is 12.5. The van der Waals surface area contributed by atoms with Gasteiger partial charge < -0.3 is 5.73 Å². The third-order valence-corrected chi connectivity index (χ3v) is 4.36. The molecule has 94 valence electrons. The third-order valence-electron chi connectivity index (χ3n) is 3.02. The highest BCUT2D eigenvalue weighted by atomic mass is 35.5. The van der Waals surface area contributed by atoms with Crippen LogP contribution in [0.4, 0.5) is 5.69 Å². The van der Waals surface area contributed by atoms with Crippen molar-refractivity contribution in [2.75, 3.05) is 5.73 Å². The first-order valence-corrected chi connectivity index (χ1v) is 6.82. The van der Waals surface area contributed by atoms with Gasteiger partial charge in [0.15, 0.2) is 5.78 Å². The molecule has 2 rings (SSSR count). The molecular weight excluding hydrogens is 266 g/mol. The SMILES string of the molecule is CC(C)(C(=O)c1sccc1Cl)c1ccc(N)cc1. The number of thiophene rings is 1. The first kappa shape index (κ1) is 13.1. The maximum Gasteiger partial charge on any atom is 0.184 e. The van der Waals surface area contributed by atoms with Crippen LogP contribution in [0.2, 0.25) is 5.02 Å². The van der Waals surface area contributed by atoms with E-state index in [1.807, 2.05) is 31.4 Å². The van der Waals surface area contributed by atoms with Gasteiger partial charge in [-0.05, 0) is 43.0 Å². The fourth-order valence-electron chi connectivity index (χ4n) is 1.77. The third kappa shape index (κ3) is 2.28. The lowest BCUT2D eigenvalue weighted by atomic mass is 9.80. The zero-order valence-corrected chi connectivity index (χ0v) is 11.8. The molecule has 0 amide bonds. The summed E-state index contributed by atoms with van der Waals surface area (Å²) >= 11 is 7.40. The molecule has 18 heavy (non-hydrogen) atoms. The summed E-state index contributed by atoms with van der Waals surface area (Å²) < 4.78 is 0. The van der Waals surface area contributed by atoms with Crippen LogP contribution in [-0.2, 0) is 5.41 Å². The Balaban J connectivity index is 2.39. The van der Waals surface area contributed by atoms with E-state index >= 15 is 0 Å². The van der Waals surface area contributed by atoms with Crippen LogP contribution in [0.15, 0.2) is 35.7 Å². The predicted octanol–water partition coefficient (Wildman–Crippen LogP) is 4.14. The summed E-state index contributed by atoms with van der Waals surface area (Å²) in [6.45, 7) is 3.80. The quantitative estimate of drug-likeness (QED) is 0.678. The van der Waals surface area contributed by atoms with Gasteiger partial charge in [0.05, 0.1) is 15.3 Å². The lowest BCUT2D eigenvalue weighted by Crippen LogP contribution is -2.28. The molecule has 0 unspecified atom stereocenters. The van der Waals surface area contributed by atoms with Crippen LogP contribution in [0.5, 0.6) is 0 Å². The fourth-order valence-corrected chi connectivity index (χ4v) is 3.01. The zero-order chi connectivity index (χ0) is 13.3. The largest absolute Gasteiger partial charge is 0.399 e. The fraction of sp³-hybridized carbons (Fsp3) is 0.214. The highest BCUT2D eigenvalue weighted by molar-refractivity contribution is 7.12. The van der Waals surface area contributed by atoms with Crippen molar-refractivity contribution >= 4 is 34.4 Å². The normalized spacial score (nSPS) is 11.5. The van der Waals surface area contributed by atoms with Gasteiger partial charge in [0.1, 0.15) is 0 Å². The van der Waals surface area contributed by atoms with E-state index in [1.165, 1.54) is 11.3 Å². The predicted molar refractivity (Wildman–Crippen MR) is 77.5 cm³/mol. The molecule has 1 aromatic heterocycles. The number of Topliss-reactive ketones (excluding diaryl/α,β-unsaturated/α-hetero) is 1. The van der Waals surface area contributed by atoms with E-state index < -0.39 is 5.41 Å². The highest BCUT2D eigenvalue weighted by Gasteiger charge is 2.32. The van der Waals surface area contributed by atoms with Crippen LogP contribution in [0, 0.1) is 0 Å². The van der Waals surface area contributed by atoms with Gasteiger partial charge in [-0.25, -0.2) is 0 Å². The molecule has 1 aromatic carbocycles. The van der Waals surface area contributed by atoms with Crippen molar-refractivity contribution < 1.29 is 4.79 Å². The number of nitrogen functional groups attached to an aromatic ring is 1. The minimum absolute atomic E-state index is 0.0345. The maximum atomic E-state index is 12.5. The van der Waals surface area contributed by atoms with Crippen molar-refractivity contribution in [3.05, 3.63) is 51.2 Å². The van der Waals surface area contributed by atoms with Gasteiger partial charge in [0.2, 0.25) is 0 Å². The van der Waals surface area contributed by atoms with Crippen molar-refractivity contribution in [3.8, 4) is 0 Å². The summed E-state index contributed by atoms with van der Waals surface area (Å²) in [4.78, 5) is 13.1. The summed E-state index contributed by atoms with van der Waals surface area (Å²) in [5.41, 5.74) is 6.68. The van der Waals surface area contributed by atoms with E-state index in [1.54, 1.807) is 18.2 Å². The Morgan fingerprint density at radius 2 is 1.83 bits per heavy atom. The first-order valence-electron chi connectivity index (χ1n) is 5.56. The molecule has 0 aliphatic carbocycles. The van der Waals surface area contributed by atoms with Crippen LogP contribution < -0.4 is 5.73 Å². The molecule has 0 saturated heterocycles. The van der Waals surface area contributed by atoms with Crippen molar-refractivity contribution in [2.45, 2.75) is 19.3 Å². The van der Waals surface area contributed by atoms with Crippen molar-refractivity contribution in [1.82, 2.24) is 0 Å². The van der Waals surface area contributed by atoms with E-state index in [2.05, 4.69) is 0 Å². The number of anilines is 1. The van der Waals surface area contributed by atoms with Gasteiger partial charge in [-0.3, -0.25) is 4.79 Å². The number of carbonyl (C=O) groups is 1. The summed E-state index contributed by atoms with van der Waals surface area (Å²) in [7, 11) is 0. The molecule has 0 spiro atoms. The van der Waals surface area contributed by atoms with Crippen LogP contribution in [0.1, 0.15) is 29.1 Å². The summed E-state index contributed by atoms with van der Waals surface area (Å²) in [5, 5.41) is 2.35. The molecule has 2 nitrogen and oxygen atoms in total. The van der Waals surface area contributed by atoms with Gasteiger partial charge in [-0.1, -0.05) is 23.7 Å². The van der Waals surface area contributed by atoms with Crippen molar-refractivity contribution in [1.29, 1.82) is 0 Å². The Labute approximate surface area is 115 Å². The Bertz CT molecular complexity index is 572. The molecule has 0 saturated carbocycles. The average Bonchev–Trinajstić information content (AvgIpc) is 2.75. The molecule has 2 N–H and O–H groups in total. The first-order chi connectivity index (χ1) is 8.43. The number of hydrogen-bond acceptors (Lipinski definition) is 3. The minimum Gasteiger partial charge on any atom is -0.399 e. The molecule has 4 heteroatoms. The standard InChI is InChI=1S/C14H14ClNOS/c1-14(2,9-3-5-10(16)6-4-9)13(17)12-11(15)7-8-18-12/h3-8H,16H2,1-2H3. The second kappa shape index (κ2) is 4.75. The monoisotopic (exact) mass is 279 g/mol. The average molecular weight is 280 g/mol. The molecule has 2 aromatic rings. The van der Waals surface area contributed by atoms with Gasteiger partial charge >= 0.3 is 0 Å².